The van der Waals surface area contributed by atoms with E-state index in [-0.39, 0.29) is 30.4 Å². The molecule has 1 aromatic heterocycles. The number of rotatable bonds is 6. The van der Waals surface area contributed by atoms with Crippen LogP contribution >= 0.6 is 15.9 Å². The summed E-state index contributed by atoms with van der Waals surface area (Å²) in [6.07, 6.45) is 6.04. The molecule has 1 aliphatic carbocycles. The Morgan fingerprint density at radius 2 is 2.00 bits per heavy atom. The van der Waals surface area contributed by atoms with Crippen LogP contribution in [0, 0.1) is 5.92 Å². The first-order valence-electron chi connectivity index (χ1n) is 8.77. The van der Waals surface area contributed by atoms with E-state index in [1.54, 1.807) is 24.2 Å². The monoisotopic (exact) mass is 410 g/mol. The lowest BCUT2D eigenvalue weighted by molar-refractivity contribution is -0.127. The maximum atomic E-state index is 12.4. The predicted octanol–water partition coefficient (Wildman–Crippen LogP) is 2.80. The standard InChI is InChI=1S/C18H27BrN4O2/c1-12-4-7-15(8-5-12)21-18(25)13(2)23(3)11-17(24)22-16-9-6-14(19)10-20-16/h6,9-10,12-13,15H,4-5,7-8,11H2,1-3H3,(H,21,25)(H,20,22,24). The molecule has 0 radical (unpaired) electrons. The minimum Gasteiger partial charge on any atom is -0.352 e. The number of nitrogens with one attached hydrogen (secondary N) is 2. The van der Waals surface area contributed by atoms with Gasteiger partial charge in [0, 0.05) is 16.7 Å². The number of nitrogens with zero attached hydrogens (tertiary/aromatic N) is 2. The van der Waals surface area contributed by atoms with Gasteiger partial charge in [-0.2, -0.15) is 0 Å². The third-order valence-corrected chi connectivity index (χ3v) is 5.26. The maximum Gasteiger partial charge on any atom is 0.239 e. The van der Waals surface area contributed by atoms with Gasteiger partial charge in [-0.3, -0.25) is 14.5 Å². The molecule has 1 fully saturated rings. The highest BCUT2D eigenvalue weighted by Gasteiger charge is 2.25. The van der Waals surface area contributed by atoms with Gasteiger partial charge >= 0.3 is 0 Å². The summed E-state index contributed by atoms with van der Waals surface area (Å²) in [7, 11) is 1.78. The predicted molar refractivity (Wildman–Crippen MR) is 102 cm³/mol. The summed E-state index contributed by atoms with van der Waals surface area (Å²) >= 11 is 3.30. The molecule has 1 saturated carbocycles. The highest BCUT2D eigenvalue weighted by atomic mass is 79.9. The smallest absolute Gasteiger partial charge is 0.239 e. The first-order valence-corrected chi connectivity index (χ1v) is 9.56. The lowest BCUT2D eigenvalue weighted by Gasteiger charge is -2.30. The molecule has 1 aliphatic rings. The minimum absolute atomic E-state index is 0.0170. The number of aromatic nitrogens is 1. The van der Waals surface area contributed by atoms with Gasteiger partial charge in [0.25, 0.3) is 0 Å². The van der Waals surface area contributed by atoms with E-state index < -0.39 is 0 Å². The fraction of sp³-hybridized carbons (Fsp3) is 0.611. The zero-order valence-corrected chi connectivity index (χ0v) is 16.7. The summed E-state index contributed by atoms with van der Waals surface area (Å²) in [5.74, 6) is 1.04. The number of hydrogen-bond acceptors (Lipinski definition) is 4. The molecule has 0 spiro atoms. The first kappa shape index (κ1) is 19.8. The molecule has 0 aromatic carbocycles. The van der Waals surface area contributed by atoms with Crippen LogP contribution in [0.15, 0.2) is 22.8 Å². The number of carbonyl (C=O) groups is 2. The van der Waals surface area contributed by atoms with E-state index in [0.717, 1.165) is 36.1 Å². The Kier molecular flexibility index (Phi) is 7.38. The summed E-state index contributed by atoms with van der Waals surface area (Å²) in [5.41, 5.74) is 0. The van der Waals surface area contributed by atoms with Crippen LogP contribution in [0.25, 0.3) is 0 Å². The van der Waals surface area contributed by atoms with Crippen molar-refractivity contribution < 1.29 is 9.59 Å². The Balaban J connectivity index is 1.78. The fourth-order valence-electron chi connectivity index (χ4n) is 2.92. The van der Waals surface area contributed by atoms with Crippen molar-refractivity contribution in [2.45, 2.75) is 51.6 Å². The van der Waals surface area contributed by atoms with Crippen molar-refractivity contribution in [3.05, 3.63) is 22.8 Å². The van der Waals surface area contributed by atoms with Crippen LogP contribution in [0.1, 0.15) is 39.5 Å². The number of halogens is 1. The second-order valence-corrected chi connectivity index (χ2v) is 7.88. The van der Waals surface area contributed by atoms with Crippen molar-refractivity contribution in [2.75, 3.05) is 18.9 Å². The first-order chi connectivity index (χ1) is 11.8. The Morgan fingerprint density at radius 3 is 2.60 bits per heavy atom. The van der Waals surface area contributed by atoms with Gasteiger partial charge in [-0.25, -0.2) is 4.98 Å². The zero-order valence-electron chi connectivity index (χ0n) is 15.1. The van der Waals surface area contributed by atoms with Crippen molar-refractivity contribution in [2.24, 2.45) is 5.92 Å². The lowest BCUT2D eigenvalue weighted by Crippen LogP contribution is -2.49. The van der Waals surface area contributed by atoms with Crippen LogP contribution < -0.4 is 10.6 Å². The number of amides is 2. The molecule has 2 N–H and O–H groups in total. The molecule has 1 atom stereocenters. The summed E-state index contributed by atoms with van der Waals surface area (Å²) in [6, 6.07) is 3.44. The highest BCUT2D eigenvalue weighted by Crippen LogP contribution is 2.23. The largest absolute Gasteiger partial charge is 0.352 e. The molecule has 1 heterocycles. The van der Waals surface area contributed by atoms with Crippen LogP contribution in [0.2, 0.25) is 0 Å². The maximum absolute atomic E-state index is 12.4. The molecular formula is C18H27BrN4O2. The van der Waals surface area contributed by atoms with Crippen molar-refractivity contribution in [1.82, 2.24) is 15.2 Å². The normalized spacial score (nSPS) is 21.6. The van der Waals surface area contributed by atoms with E-state index in [9.17, 15) is 9.59 Å². The fourth-order valence-corrected chi connectivity index (χ4v) is 3.16. The topological polar surface area (TPSA) is 74.3 Å². The summed E-state index contributed by atoms with van der Waals surface area (Å²) in [5, 5.41) is 5.86. The van der Waals surface area contributed by atoms with Gasteiger partial charge in [0.1, 0.15) is 5.82 Å². The average molecular weight is 411 g/mol. The molecule has 7 heteroatoms. The second kappa shape index (κ2) is 9.29. The third kappa shape index (κ3) is 6.40. The van der Waals surface area contributed by atoms with Gasteiger partial charge in [0.2, 0.25) is 11.8 Å². The van der Waals surface area contributed by atoms with E-state index in [1.165, 1.54) is 0 Å². The van der Waals surface area contributed by atoms with Crippen LogP contribution in [0.3, 0.4) is 0 Å². The Hall–Kier alpha value is -1.47. The Morgan fingerprint density at radius 1 is 1.32 bits per heavy atom. The number of hydrogen-bond donors (Lipinski definition) is 2. The van der Waals surface area contributed by atoms with Gasteiger partial charge in [-0.05, 0) is 73.6 Å². The SMILES string of the molecule is CC1CCC(NC(=O)C(C)N(C)CC(=O)Nc2ccc(Br)cn2)CC1. The van der Waals surface area contributed by atoms with Crippen LogP contribution in [-0.4, -0.2) is 47.4 Å². The van der Waals surface area contributed by atoms with Gasteiger partial charge in [0.05, 0.1) is 12.6 Å². The van der Waals surface area contributed by atoms with Crippen LogP contribution in [0.4, 0.5) is 5.82 Å². The number of likely N-dealkylation sites (N-methyl/N-ethyl adjacent to an activating group) is 1. The van der Waals surface area contributed by atoms with Crippen LogP contribution in [-0.2, 0) is 9.59 Å². The molecule has 0 bridgehead atoms. The third-order valence-electron chi connectivity index (χ3n) is 4.79. The van der Waals surface area contributed by atoms with Crippen molar-refractivity contribution in [3.8, 4) is 0 Å². The molecule has 2 rings (SSSR count). The van der Waals surface area contributed by atoms with E-state index >= 15 is 0 Å². The Bertz CT molecular complexity index is 585. The van der Waals surface area contributed by atoms with E-state index in [1.807, 2.05) is 13.0 Å². The van der Waals surface area contributed by atoms with E-state index in [0.29, 0.717) is 5.82 Å². The molecular weight excluding hydrogens is 384 g/mol. The summed E-state index contributed by atoms with van der Waals surface area (Å²) < 4.78 is 0.852. The van der Waals surface area contributed by atoms with Crippen LogP contribution in [0.5, 0.6) is 0 Å². The number of pyridine rings is 1. The second-order valence-electron chi connectivity index (χ2n) is 6.97. The highest BCUT2D eigenvalue weighted by molar-refractivity contribution is 9.10. The minimum atomic E-state index is -0.358. The number of carbonyl (C=O) groups excluding carboxylic acids is 2. The lowest BCUT2D eigenvalue weighted by atomic mass is 9.87. The van der Waals surface area contributed by atoms with Crippen molar-refractivity contribution >= 4 is 33.6 Å². The molecule has 138 valence electrons. The number of anilines is 1. The van der Waals surface area contributed by atoms with E-state index in [2.05, 4.69) is 38.5 Å². The molecule has 1 unspecified atom stereocenters. The molecule has 2 amide bonds. The molecule has 0 saturated heterocycles. The van der Waals surface area contributed by atoms with Crippen molar-refractivity contribution in [3.63, 3.8) is 0 Å². The molecule has 6 nitrogen and oxygen atoms in total. The van der Waals surface area contributed by atoms with Gasteiger partial charge in [-0.1, -0.05) is 6.92 Å². The molecule has 0 aliphatic heterocycles. The summed E-state index contributed by atoms with van der Waals surface area (Å²) in [6.45, 7) is 4.22. The van der Waals surface area contributed by atoms with Gasteiger partial charge < -0.3 is 10.6 Å². The van der Waals surface area contributed by atoms with Gasteiger partial charge in [-0.15, -0.1) is 0 Å². The van der Waals surface area contributed by atoms with E-state index in [4.69, 9.17) is 0 Å². The van der Waals surface area contributed by atoms with Crippen molar-refractivity contribution in [1.29, 1.82) is 0 Å². The summed E-state index contributed by atoms with van der Waals surface area (Å²) in [4.78, 5) is 30.4. The van der Waals surface area contributed by atoms with Gasteiger partial charge in [0.15, 0.2) is 0 Å². The molecule has 1 aromatic rings. The molecule has 25 heavy (non-hydrogen) atoms. The zero-order chi connectivity index (χ0) is 18.4. The quantitative estimate of drug-likeness (QED) is 0.755. The Labute approximate surface area is 157 Å². The average Bonchev–Trinajstić information content (AvgIpc) is 2.58.